The molecule has 2 aromatic carbocycles. The maximum absolute atomic E-state index is 9.08. The first-order valence-electron chi connectivity index (χ1n) is 9.78. The SMILES string of the molecule is C[C@@H](c1ccc(-c2ccc3ncnc(NCCO)c3c2)cc1)N1CCOCC1. The van der Waals surface area contributed by atoms with Crippen molar-refractivity contribution in [1.29, 1.82) is 0 Å². The largest absolute Gasteiger partial charge is 0.395 e. The zero-order chi connectivity index (χ0) is 19.3. The molecular formula is C22H26N4O2. The van der Waals surface area contributed by atoms with Gasteiger partial charge in [0.1, 0.15) is 12.1 Å². The minimum Gasteiger partial charge on any atom is -0.395 e. The molecule has 0 unspecified atom stereocenters. The van der Waals surface area contributed by atoms with Crippen LogP contribution in [0, 0.1) is 0 Å². The molecule has 4 rings (SSSR count). The van der Waals surface area contributed by atoms with Crippen LogP contribution in [0.25, 0.3) is 22.0 Å². The molecule has 0 saturated carbocycles. The minimum absolute atomic E-state index is 0.0635. The summed E-state index contributed by atoms with van der Waals surface area (Å²) < 4.78 is 5.46. The lowest BCUT2D eigenvalue weighted by Gasteiger charge is -2.32. The highest BCUT2D eigenvalue weighted by molar-refractivity contribution is 5.92. The Kier molecular flexibility index (Phi) is 5.81. The van der Waals surface area contributed by atoms with Crippen LogP contribution in [0.5, 0.6) is 0 Å². The predicted octanol–water partition coefficient (Wildman–Crippen LogP) is 3.09. The number of fused-ring (bicyclic) bond motifs is 1. The van der Waals surface area contributed by atoms with Crippen molar-refractivity contribution in [2.45, 2.75) is 13.0 Å². The van der Waals surface area contributed by atoms with Gasteiger partial charge < -0.3 is 15.2 Å². The Balaban J connectivity index is 1.59. The van der Waals surface area contributed by atoms with E-state index in [1.807, 2.05) is 6.07 Å². The van der Waals surface area contributed by atoms with Crippen molar-refractivity contribution in [2.75, 3.05) is 44.8 Å². The molecule has 6 nitrogen and oxygen atoms in total. The Morgan fingerprint density at radius 2 is 1.82 bits per heavy atom. The Labute approximate surface area is 165 Å². The fraction of sp³-hybridized carbons (Fsp3) is 0.364. The van der Waals surface area contributed by atoms with Crippen LogP contribution in [0.1, 0.15) is 18.5 Å². The molecule has 1 fully saturated rings. The number of nitrogens with one attached hydrogen (secondary N) is 1. The number of ether oxygens (including phenoxy) is 1. The second-order valence-corrected chi connectivity index (χ2v) is 7.05. The van der Waals surface area contributed by atoms with Crippen molar-refractivity contribution in [2.24, 2.45) is 0 Å². The summed E-state index contributed by atoms with van der Waals surface area (Å²) in [6, 6.07) is 15.4. The highest BCUT2D eigenvalue weighted by Crippen LogP contribution is 2.29. The van der Waals surface area contributed by atoms with Gasteiger partial charge in [-0.25, -0.2) is 9.97 Å². The van der Waals surface area contributed by atoms with E-state index >= 15 is 0 Å². The highest BCUT2D eigenvalue weighted by atomic mass is 16.5. The number of hydrogen-bond acceptors (Lipinski definition) is 6. The molecule has 28 heavy (non-hydrogen) atoms. The first-order chi connectivity index (χ1) is 13.8. The summed E-state index contributed by atoms with van der Waals surface area (Å²) in [5, 5.41) is 13.2. The molecule has 2 N–H and O–H groups in total. The van der Waals surface area contributed by atoms with Gasteiger partial charge in [-0.15, -0.1) is 0 Å². The molecule has 1 aromatic heterocycles. The topological polar surface area (TPSA) is 70.5 Å². The molecule has 2 heterocycles. The van der Waals surface area contributed by atoms with E-state index in [1.165, 1.54) is 5.56 Å². The van der Waals surface area contributed by atoms with Crippen LogP contribution in [0.3, 0.4) is 0 Å². The van der Waals surface area contributed by atoms with Gasteiger partial charge >= 0.3 is 0 Å². The summed E-state index contributed by atoms with van der Waals surface area (Å²) in [7, 11) is 0. The quantitative estimate of drug-likeness (QED) is 0.687. The van der Waals surface area contributed by atoms with Crippen molar-refractivity contribution in [3.05, 3.63) is 54.4 Å². The average Bonchev–Trinajstić information content (AvgIpc) is 2.77. The number of rotatable bonds is 6. The fourth-order valence-corrected chi connectivity index (χ4v) is 3.68. The molecular weight excluding hydrogens is 352 g/mol. The monoisotopic (exact) mass is 378 g/mol. The summed E-state index contributed by atoms with van der Waals surface area (Å²) in [6.07, 6.45) is 1.55. The van der Waals surface area contributed by atoms with Crippen LogP contribution in [-0.2, 0) is 4.74 Å². The van der Waals surface area contributed by atoms with Gasteiger partial charge in [-0.1, -0.05) is 30.3 Å². The highest BCUT2D eigenvalue weighted by Gasteiger charge is 2.18. The van der Waals surface area contributed by atoms with Crippen molar-refractivity contribution in [3.8, 4) is 11.1 Å². The molecule has 1 atom stereocenters. The molecule has 0 aliphatic carbocycles. The van der Waals surface area contributed by atoms with Crippen LogP contribution in [-0.4, -0.2) is 59.4 Å². The Morgan fingerprint density at radius 3 is 2.57 bits per heavy atom. The maximum Gasteiger partial charge on any atom is 0.137 e. The molecule has 146 valence electrons. The van der Waals surface area contributed by atoms with Gasteiger partial charge in [0.05, 0.1) is 25.3 Å². The van der Waals surface area contributed by atoms with Crippen LogP contribution in [0.4, 0.5) is 5.82 Å². The van der Waals surface area contributed by atoms with Crippen molar-refractivity contribution < 1.29 is 9.84 Å². The number of nitrogens with zero attached hydrogens (tertiary/aromatic N) is 3. The first-order valence-corrected chi connectivity index (χ1v) is 9.78. The van der Waals surface area contributed by atoms with Gasteiger partial charge in [0.25, 0.3) is 0 Å². The zero-order valence-corrected chi connectivity index (χ0v) is 16.1. The summed E-state index contributed by atoms with van der Waals surface area (Å²) in [4.78, 5) is 11.1. The molecule has 0 radical (unpaired) electrons. The van der Waals surface area contributed by atoms with Gasteiger partial charge in [0, 0.05) is 31.1 Å². The third-order valence-corrected chi connectivity index (χ3v) is 5.36. The molecule has 1 aliphatic heterocycles. The Morgan fingerprint density at radius 1 is 1.07 bits per heavy atom. The van der Waals surface area contributed by atoms with E-state index in [0.717, 1.165) is 54.2 Å². The number of morpholine rings is 1. The lowest BCUT2D eigenvalue weighted by molar-refractivity contribution is 0.0198. The van der Waals surface area contributed by atoms with Crippen molar-refractivity contribution in [1.82, 2.24) is 14.9 Å². The van der Waals surface area contributed by atoms with E-state index in [9.17, 15) is 0 Å². The van der Waals surface area contributed by atoms with E-state index in [-0.39, 0.29) is 6.61 Å². The fourth-order valence-electron chi connectivity index (χ4n) is 3.68. The molecule has 0 amide bonds. The molecule has 0 spiro atoms. The number of hydrogen-bond donors (Lipinski definition) is 2. The number of aliphatic hydroxyl groups is 1. The normalized spacial score (nSPS) is 16.2. The van der Waals surface area contributed by atoms with Gasteiger partial charge in [0.15, 0.2) is 0 Å². The van der Waals surface area contributed by atoms with E-state index in [1.54, 1.807) is 6.33 Å². The molecule has 3 aromatic rings. The third kappa shape index (κ3) is 3.99. The molecule has 0 bridgehead atoms. The second kappa shape index (κ2) is 8.65. The third-order valence-electron chi connectivity index (χ3n) is 5.36. The summed E-state index contributed by atoms with van der Waals surface area (Å²) >= 11 is 0. The van der Waals surface area contributed by atoms with Gasteiger partial charge in [-0.05, 0) is 35.7 Å². The molecule has 1 aliphatic rings. The zero-order valence-electron chi connectivity index (χ0n) is 16.1. The predicted molar refractivity (Wildman–Crippen MR) is 111 cm³/mol. The van der Waals surface area contributed by atoms with Gasteiger partial charge in [-0.2, -0.15) is 0 Å². The van der Waals surface area contributed by atoms with Crippen LogP contribution >= 0.6 is 0 Å². The number of anilines is 1. The van der Waals surface area contributed by atoms with E-state index < -0.39 is 0 Å². The summed E-state index contributed by atoms with van der Waals surface area (Å²) in [5.74, 6) is 0.749. The minimum atomic E-state index is 0.0635. The lowest BCUT2D eigenvalue weighted by Crippen LogP contribution is -2.37. The second-order valence-electron chi connectivity index (χ2n) is 7.05. The number of aliphatic hydroxyl groups excluding tert-OH is 1. The summed E-state index contributed by atoms with van der Waals surface area (Å²) in [5.41, 5.74) is 4.49. The Hall–Kier alpha value is -2.54. The summed E-state index contributed by atoms with van der Waals surface area (Å²) in [6.45, 7) is 6.38. The number of aromatic nitrogens is 2. The van der Waals surface area contributed by atoms with Crippen molar-refractivity contribution >= 4 is 16.7 Å². The smallest absolute Gasteiger partial charge is 0.137 e. The Bertz CT molecular complexity index is 923. The van der Waals surface area contributed by atoms with Crippen LogP contribution in [0.15, 0.2) is 48.8 Å². The number of benzene rings is 2. The van der Waals surface area contributed by atoms with Crippen LogP contribution in [0.2, 0.25) is 0 Å². The first kappa shape index (κ1) is 18.8. The van der Waals surface area contributed by atoms with E-state index in [2.05, 4.69) is 63.5 Å². The lowest BCUT2D eigenvalue weighted by atomic mass is 9.99. The molecule has 6 heteroatoms. The standard InChI is InChI=1S/C22H26N4O2/c1-16(26-9-12-28-13-10-26)17-2-4-18(5-3-17)19-6-7-21-20(14-19)22(23-8-11-27)25-15-24-21/h2-7,14-16,27H,8-13H2,1H3,(H,23,24,25)/t16-/m0/s1. The van der Waals surface area contributed by atoms with E-state index in [4.69, 9.17) is 9.84 Å². The van der Waals surface area contributed by atoms with Crippen LogP contribution < -0.4 is 5.32 Å². The van der Waals surface area contributed by atoms with E-state index in [0.29, 0.717) is 12.6 Å². The average molecular weight is 378 g/mol. The molecule has 1 saturated heterocycles. The van der Waals surface area contributed by atoms with Crippen molar-refractivity contribution in [3.63, 3.8) is 0 Å². The maximum atomic E-state index is 9.08. The van der Waals surface area contributed by atoms with Gasteiger partial charge in [-0.3, -0.25) is 4.90 Å². The van der Waals surface area contributed by atoms with Gasteiger partial charge in [0.2, 0.25) is 0 Å².